The van der Waals surface area contributed by atoms with E-state index in [2.05, 4.69) is 78.9 Å². The van der Waals surface area contributed by atoms with Crippen LogP contribution in [0.2, 0.25) is 0 Å². The molecule has 0 bridgehead atoms. The SMILES string of the molecule is [Y].[Y].[c-]1ccc(-c2[c-]ccc3ccccc23)[c-]c1-c1[c-]c2ccccc2cc1. The first-order valence-electron chi connectivity index (χ1n) is 8.64. The fourth-order valence-electron chi connectivity index (χ4n) is 3.36. The van der Waals surface area contributed by atoms with Crippen LogP contribution in [-0.4, -0.2) is 0 Å². The quantitative estimate of drug-likeness (QED) is 0.240. The molecule has 28 heavy (non-hydrogen) atoms. The number of hydrogen-bond donors (Lipinski definition) is 0. The van der Waals surface area contributed by atoms with E-state index >= 15 is 0 Å². The summed E-state index contributed by atoms with van der Waals surface area (Å²) in [5, 5.41) is 4.69. The van der Waals surface area contributed by atoms with Crippen molar-refractivity contribution in [2.75, 3.05) is 0 Å². The molecular formula is C26H14Y2-4. The van der Waals surface area contributed by atoms with E-state index in [-0.39, 0.29) is 65.4 Å². The Morgan fingerprint density at radius 2 is 1.29 bits per heavy atom. The molecular weight excluding hydrogens is 490 g/mol. The van der Waals surface area contributed by atoms with Gasteiger partial charge >= 0.3 is 0 Å². The molecule has 5 rings (SSSR count). The maximum absolute atomic E-state index is 3.52. The van der Waals surface area contributed by atoms with Crippen LogP contribution in [0.15, 0.2) is 84.9 Å². The molecule has 0 fully saturated rings. The molecule has 128 valence electrons. The molecule has 0 aliphatic carbocycles. The Kier molecular flexibility index (Phi) is 7.35. The standard InChI is InChI=1S/C26H14.2Y/c1-2-9-21-17-23(16-15-19(21)7-1)22-11-5-12-24(18-22)26-14-6-10-20-8-3-4-13-25(20)26;;/h1-10,12-13,15-16H;;/q-4;;. The van der Waals surface area contributed by atoms with E-state index in [1.54, 1.807) is 0 Å². The Bertz CT molecular complexity index is 1240. The van der Waals surface area contributed by atoms with Crippen LogP contribution in [0.5, 0.6) is 0 Å². The van der Waals surface area contributed by atoms with Crippen molar-refractivity contribution < 1.29 is 65.4 Å². The van der Waals surface area contributed by atoms with Crippen molar-refractivity contribution in [2.24, 2.45) is 0 Å². The number of rotatable bonds is 2. The monoisotopic (exact) mass is 504 g/mol. The molecule has 0 saturated carbocycles. The largest absolute Gasteiger partial charge is 0.367 e. The summed E-state index contributed by atoms with van der Waals surface area (Å²) in [5.41, 5.74) is 4.02. The fraction of sp³-hybridized carbons (Fsp3) is 0. The Morgan fingerprint density at radius 3 is 2.18 bits per heavy atom. The maximum Gasteiger partial charge on any atom is 0 e. The third-order valence-electron chi connectivity index (χ3n) is 4.66. The predicted molar refractivity (Wildman–Crippen MR) is 108 cm³/mol. The molecule has 0 spiro atoms. The maximum atomic E-state index is 3.52. The van der Waals surface area contributed by atoms with Gasteiger partial charge in [-0.3, -0.25) is 23.3 Å². The van der Waals surface area contributed by atoms with Gasteiger partial charge in [0.15, 0.2) is 0 Å². The fourth-order valence-corrected chi connectivity index (χ4v) is 3.36. The average Bonchev–Trinajstić information content (AvgIpc) is 2.73. The van der Waals surface area contributed by atoms with Crippen LogP contribution in [0.1, 0.15) is 0 Å². The van der Waals surface area contributed by atoms with Gasteiger partial charge in [-0.1, -0.05) is 47.9 Å². The van der Waals surface area contributed by atoms with Crippen LogP contribution in [0.4, 0.5) is 0 Å². The minimum absolute atomic E-state index is 0. The van der Waals surface area contributed by atoms with Gasteiger partial charge in [-0.15, -0.1) is 46.5 Å². The Hall–Kier alpha value is -1.17. The average molecular weight is 504 g/mol. The van der Waals surface area contributed by atoms with Gasteiger partial charge in [0.1, 0.15) is 0 Å². The minimum atomic E-state index is 0. The summed E-state index contributed by atoms with van der Waals surface area (Å²) in [6.45, 7) is 0. The van der Waals surface area contributed by atoms with Crippen molar-refractivity contribution in [1.29, 1.82) is 0 Å². The molecule has 0 saturated heterocycles. The van der Waals surface area contributed by atoms with Crippen molar-refractivity contribution in [3.05, 3.63) is 109 Å². The molecule has 0 unspecified atom stereocenters. The molecule has 0 atom stereocenters. The van der Waals surface area contributed by atoms with Crippen LogP contribution >= 0.6 is 0 Å². The molecule has 0 aliphatic rings. The van der Waals surface area contributed by atoms with E-state index in [4.69, 9.17) is 0 Å². The number of hydrogen-bond acceptors (Lipinski definition) is 0. The summed E-state index contributed by atoms with van der Waals surface area (Å²) in [6.07, 6.45) is 0. The van der Waals surface area contributed by atoms with Crippen LogP contribution in [0, 0.1) is 24.3 Å². The van der Waals surface area contributed by atoms with Gasteiger partial charge in [-0.25, -0.2) is 12.1 Å². The normalized spacial score (nSPS) is 10.3. The molecule has 0 nitrogen and oxygen atoms in total. The molecule has 0 amide bonds. The zero-order valence-corrected chi connectivity index (χ0v) is 20.9. The molecule has 5 aromatic rings. The van der Waals surface area contributed by atoms with Crippen molar-refractivity contribution in [3.63, 3.8) is 0 Å². The van der Waals surface area contributed by atoms with Gasteiger partial charge in [0, 0.05) is 65.4 Å². The van der Waals surface area contributed by atoms with E-state index < -0.39 is 0 Å². The third-order valence-corrected chi connectivity index (χ3v) is 4.66. The second-order valence-electron chi connectivity index (χ2n) is 6.29. The van der Waals surface area contributed by atoms with Crippen molar-refractivity contribution in [1.82, 2.24) is 0 Å². The van der Waals surface area contributed by atoms with Crippen molar-refractivity contribution in [2.45, 2.75) is 0 Å². The zero-order valence-electron chi connectivity index (χ0n) is 15.2. The van der Waals surface area contributed by atoms with Crippen LogP contribution in [0.3, 0.4) is 0 Å². The number of benzene rings is 5. The van der Waals surface area contributed by atoms with E-state index in [0.717, 1.165) is 27.6 Å². The Morgan fingerprint density at radius 1 is 0.536 bits per heavy atom. The number of fused-ring (bicyclic) bond motifs is 2. The first-order valence-corrected chi connectivity index (χ1v) is 8.64. The van der Waals surface area contributed by atoms with Crippen molar-refractivity contribution >= 4 is 21.5 Å². The van der Waals surface area contributed by atoms with E-state index in [1.165, 1.54) is 16.2 Å². The molecule has 2 heteroatoms. The second-order valence-corrected chi connectivity index (χ2v) is 6.29. The Labute approximate surface area is 216 Å². The smallest absolute Gasteiger partial charge is 0 e. The van der Waals surface area contributed by atoms with E-state index in [0.29, 0.717) is 0 Å². The zero-order chi connectivity index (χ0) is 17.3. The first-order chi connectivity index (χ1) is 12.9. The van der Waals surface area contributed by atoms with Gasteiger partial charge < -0.3 is 17.7 Å². The molecule has 0 aromatic heterocycles. The van der Waals surface area contributed by atoms with Gasteiger partial charge in [-0.2, -0.15) is 5.56 Å². The molecule has 2 radical (unpaired) electrons. The van der Waals surface area contributed by atoms with Crippen LogP contribution in [0.25, 0.3) is 43.8 Å². The minimum Gasteiger partial charge on any atom is -0.367 e. The van der Waals surface area contributed by atoms with Gasteiger partial charge in [-0.05, 0) is 0 Å². The van der Waals surface area contributed by atoms with E-state index in [1.807, 2.05) is 30.3 Å². The Balaban J connectivity index is 0.00000112. The third kappa shape index (κ3) is 4.22. The van der Waals surface area contributed by atoms with Crippen LogP contribution in [-0.2, 0) is 65.4 Å². The molecule has 0 aliphatic heterocycles. The summed E-state index contributed by atoms with van der Waals surface area (Å²) < 4.78 is 0. The first kappa shape index (κ1) is 21.5. The van der Waals surface area contributed by atoms with Crippen molar-refractivity contribution in [3.8, 4) is 22.3 Å². The van der Waals surface area contributed by atoms with Crippen LogP contribution < -0.4 is 0 Å². The summed E-state index contributed by atoms with van der Waals surface area (Å²) in [4.78, 5) is 0. The topological polar surface area (TPSA) is 0 Å². The summed E-state index contributed by atoms with van der Waals surface area (Å²) >= 11 is 0. The summed E-state index contributed by atoms with van der Waals surface area (Å²) in [6, 6.07) is 42.6. The molecule has 0 N–H and O–H groups in total. The van der Waals surface area contributed by atoms with Gasteiger partial charge in [0.2, 0.25) is 0 Å². The summed E-state index contributed by atoms with van der Waals surface area (Å²) in [5.74, 6) is 0. The summed E-state index contributed by atoms with van der Waals surface area (Å²) in [7, 11) is 0. The van der Waals surface area contributed by atoms with Gasteiger partial charge in [0.25, 0.3) is 0 Å². The molecule has 0 heterocycles. The van der Waals surface area contributed by atoms with E-state index in [9.17, 15) is 0 Å². The van der Waals surface area contributed by atoms with Gasteiger partial charge in [0.05, 0.1) is 0 Å². The second kappa shape index (κ2) is 9.55. The predicted octanol–water partition coefficient (Wildman–Crippen LogP) is 6.52. The molecule has 5 aromatic carbocycles.